The summed E-state index contributed by atoms with van der Waals surface area (Å²) >= 11 is 11.0. The zero-order valence-corrected chi connectivity index (χ0v) is 28.5. The molecule has 0 unspecified atom stereocenters. The number of carbonyl (C=O) groups is 2. The molecule has 0 saturated carbocycles. The highest BCUT2D eigenvalue weighted by Gasteiger charge is 2.29. The molecule has 0 spiro atoms. The van der Waals surface area contributed by atoms with Crippen LogP contribution in [0, 0.1) is 0 Å². The maximum absolute atomic E-state index is 13.8. The third kappa shape index (κ3) is 12.6. The molecule has 0 aromatic heterocycles. The molecule has 0 radical (unpaired) electrons. The fourth-order valence-corrected chi connectivity index (χ4v) is 6.24. The first-order chi connectivity index (χ1) is 22.8. The number of phosphoric acid groups is 1. The predicted octanol–water partition coefficient (Wildman–Crippen LogP) is 10.4. The number of ether oxygens (including phenoxy) is 2. The second-order valence-electron chi connectivity index (χ2n) is 10.8. The lowest BCUT2D eigenvalue weighted by Crippen LogP contribution is -2.06. The van der Waals surface area contributed by atoms with Crippen LogP contribution in [-0.2, 0) is 13.6 Å². The van der Waals surface area contributed by atoms with Gasteiger partial charge in [0.2, 0.25) is 0 Å². The SMILES string of the molecule is O=C(Cl)c1ccc(OCCCCCCOP(=O)(OCCCCCCOc2ccc(C(=O)Cl)cc2)Oc2cccc3ccccc23)cc1. The fourth-order valence-electron chi connectivity index (χ4n) is 4.70. The highest BCUT2D eigenvalue weighted by atomic mass is 35.5. The van der Waals surface area contributed by atoms with Crippen molar-refractivity contribution in [1.29, 1.82) is 0 Å². The van der Waals surface area contributed by atoms with Gasteiger partial charge in [0, 0.05) is 16.5 Å². The van der Waals surface area contributed by atoms with Crippen molar-refractivity contribution >= 4 is 52.3 Å². The van der Waals surface area contributed by atoms with Gasteiger partial charge in [0.05, 0.1) is 26.4 Å². The Morgan fingerprint density at radius 1 is 0.532 bits per heavy atom. The molecule has 0 aliphatic heterocycles. The molecule has 47 heavy (non-hydrogen) atoms. The van der Waals surface area contributed by atoms with Crippen LogP contribution in [0.2, 0.25) is 0 Å². The quantitative estimate of drug-likeness (QED) is 0.0454. The van der Waals surface area contributed by atoms with Gasteiger partial charge in [0.1, 0.15) is 17.2 Å². The van der Waals surface area contributed by atoms with Gasteiger partial charge in [-0.15, -0.1) is 0 Å². The van der Waals surface area contributed by atoms with Crippen LogP contribution < -0.4 is 14.0 Å². The van der Waals surface area contributed by atoms with E-state index in [4.69, 9.17) is 46.2 Å². The number of hydrogen-bond acceptors (Lipinski definition) is 8. The van der Waals surface area contributed by atoms with Crippen LogP contribution in [0.25, 0.3) is 10.8 Å². The number of unbranched alkanes of at least 4 members (excludes halogenated alkanes) is 6. The van der Waals surface area contributed by atoms with E-state index in [0.29, 0.717) is 54.4 Å². The third-order valence-corrected chi connectivity index (χ3v) is 9.09. The maximum atomic E-state index is 13.8. The number of halogens is 2. The monoisotopic (exact) mass is 700 g/mol. The maximum Gasteiger partial charge on any atom is 0.530 e. The Morgan fingerprint density at radius 2 is 0.979 bits per heavy atom. The van der Waals surface area contributed by atoms with Crippen molar-refractivity contribution in [2.24, 2.45) is 0 Å². The molecular weight excluding hydrogens is 662 g/mol. The molecule has 4 aromatic rings. The van der Waals surface area contributed by atoms with E-state index >= 15 is 0 Å². The van der Waals surface area contributed by atoms with E-state index in [0.717, 1.165) is 49.3 Å². The number of rotatable bonds is 22. The Kier molecular flexibility index (Phi) is 15.1. The second kappa shape index (κ2) is 19.4. The van der Waals surface area contributed by atoms with Gasteiger partial charge in [0.25, 0.3) is 10.5 Å². The summed E-state index contributed by atoms with van der Waals surface area (Å²) in [6, 6.07) is 26.7. The summed E-state index contributed by atoms with van der Waals surface area (Å²) in [6.45, 7) is 1.54. The lowest BCUT2D eigenvalue weighted by atomic mass is 10.1. The standard InChI is InChI=1S/C36H39Cl2O8P/c37-35(39)29-16-20-31(21-17-29)42-24-7-1-3-9-26-44-47(41,46-34-15-11-13-28-12-5-6-14-33(28)34)45-27-10-4-2-8-25-43-32-22-18-30(19-23-32)36(38)40/h5-6,11-23H,1-4,7-10,24-27H2. The van der Waals surface area contributed by atoms with Gasteiger partial charge in [-0.2, -0.15) is 0 Å². The average molecular weight is 702 g/mol. The minimum Gasteiger partial charge on any atom is -0.494 e. The van der Waals surface area contributed by atoms with E-state index in [1.807, 2.05) is 36.4 Å². The molecule has 4 rings (SSSR count). The molecule has 0 saturated heterocycles. The number of fused-ring (bicyclic) bond motifs is 1. The molecule has 0 amide bonds. The summed E-state index contributed by atoms with van der Waals surface area (Å²) in [7, 11) is -3.89. The van der Waals surface area contributed by atoms with Crippen molar-refractivity contribution in [3.8, 4) is 17.2 Å². The molecule has 0 N–H and O–H groups in total. The first kappa shape index (κ1) is 36.4. The van der Waals surface area contributed by atoms with E-state index in [1.165, 1.54) is 0 Å². The normalized spacial score (nSPS) is 11.4. The Hall–Kier alpha value is -3.39. The van der Waals surface area contributed by atoms with E-state index in [1.54, 1.807) is 54.6 Å². The average Bonchev–Trinajstić information content (AvgIpc) is 3.08. The summed E-state index contributed by atoms with van der Waals surface area (Å²) in [6.07, 6.45) is 6.56. The Bertz CT molecular complexity index is 1530. The van der Waals surface area contributed by atoms with Gasteiger partial charge in [-0.1, -0.05) is 49.2 Å². The fraction of sp³-hybridized carbons (Fsp3) is 0.333. The zero-order chi connectivity index (χ0) is 33.3. The first-order valence-corrected chi connectivity index (χ1v) is 18.0. The van der Waals surface area contributed by atoms with Gasteiger partial charge < -0.3 is 14.0 Å². The minimum absolute atomic E-state index is 0.230. The van der Waals surface area contributed by atoms with Crippen molar-refractivity contribution in [2.45, 2.75) is 51.4 Å². The van der Waals surface area contributed by atoms with Gasteiger partial charge >= 0.3 is 7.82 Å². The molecule has 0 heterocycles. The predicted molar refractivity (Wildman–Crippen MR) is 185 cm³/mol. The van der Waals surface area contributed by atoms with E-state index in [2.05, 4.69) is 0 Å². The summed E-state index contributed by atoms with van der Waals surface area (Å²) < 4.78 is 42.8. The van der Waals surface area contributed by atoms with E-state index < -0.39 is 18.3 Å². The van der Waals surface area contributed by atoms with Gasteiger partial charge in [-0.05, 0) is 122 Å². The van der Waals surface area contributed by atoms with Crippen molar-refractivity contribution in [3.05, 3.63) is 102 Å². The molecule has 250 valence electrons. The van der Waals surface area contributed by atoms with Crippen molar-refractivity contribution in [2.75, 3.05) is 26.4 Å². The Labute approximate surface area is 285 Å². The highest BCUT2D eigenvalue weighted by Crippen LogP contribution is 2.51. The smallest absolute Gasteiger partial charge is 0.494 e. The molecule has 8 nitrogen and oxygen atoms in total. The molecular formula is C36H39Cl2O8P. The third-order valence-electron chi connectivity index (χ3n) is 7.24. The van der Waals surface area contributed by atoms with Crippen LogP contribution in [0.1, 0.15) is 72.1 Å². The number of hydrogen-bond donors (Lipinski definition) is 0. The van der Waals surface area contributed by atoms with Crippen LogP contribution in [0.4, 0.5) is 0 Å². The van der Waals surface area contributed by atoms with Crippen LogP contribution >= 0.6 is 31.0 Å². The largest absolute Gasteiger partial charge is 0.530 e. The lowest BCUT2D eigenvalue weighted by molar-refractivity contribution is 0.107. The first-order valence-electron chi connectivity index (χ1n) is 15.7. The summed E-state index contributed by atoms with van der Waals surface area (Å²) in [5, 5.41) is 0.798. The minimum atomic E-state index is -3.89. The van der Waals surface area contributed by atoms with E-state index in [-0.39, 0.29) is 13.2 Å². The molecule has 0 fully saturated rings. The molecule has 0 atom stereocenters. The summed E-state index contributed by atoms with van der Waals surface area (Å²) in [5.74, 6) is 1.81. The Balaban J connectivity index is 1.17. The van der Waals surface area contributed by atoms with Crippen LogP contribution in [-0.4, -0.2) is 36.9 Å². The topological polar surface area (TPSA) is 97.4 Å². The van der Waals surface area contributed by atoms with Crippen LogP contribution in [0.15, 0.2) is 91.0 Å². The molecule has 0 bridgehead atoms. The molecule has 11 heteroatoms. The molecule has 0 aliphatic rings. The van der Waals surface area contributed by atoms with Crippen molar-refractivity contribution in [3.63, 3.8) is 0 Å². The van der Waals surface area contributed by atoms with Crippen LogP contribution in [0.5, 0.6) is 17.2 Å². The van der Waals surface area contributed by atoms with E-state index in [9.17, 15) is 14.2 Å². The second-order valence-corrected chi connectivity index (χ2v) is 13.1. The molecule has 4 aromatic carbocycles. The van der Waals surface area contributed by atoms with Crippen LogP contribution in [0.3, 0.4) is 0 Å². The lowest BCUT2D eigenvalue weighted by Gasteiger charge is -2.19. The number of phosphoric ester groups is 1. The zero-order valence-electron chi connectivity index (χ0n) is 26.1. The van der Waals surface area contributed by atoms with Crippen molar-refractivity contribution < 1.29 is 37.2 Å². The number of benzene rings is 4. The Morgan fingerprint density at radius 3 is 1.47 bits per heavy atom. The number of carbonyl (C=O) groups excluding carboxylic acids is 2. The van der Waals surface area contributed by atoms with Gasteiger partial charge in [-0.25, -0.2) is 4.57 Å². The molecule has 0 aliphatic carbocycles. The summed E-state index contributed by atoms with van der Waals surface area (Å²) in [5.41, 5.74) is 0.858. The van der Waals surface area contributed by atoms with Crippen molar-refractivity contribution in [1.82, 2.24) is 0 Å². The highest BCUT2D eigenvalue weighted by molar-refractivity contribution is 7.49. The van der Waals surface area contributed by atoms with Gasteiger partial charge in [0.15, 0.2) is 0 Å². The van der Waals surface area contributed by atoms with Gasteiger partial charge in [-0.3, -0.25) is 18.6 Å². The summed E-state index contributed by atoms with van der Waals surface area (Å²) in [4.78, 5) is 22.4.